The maximum Gasteiger partial charge on any atom is 0.0525 e. The third-order valence-corrected chi connectivity index (χ3v) is 4.03. The first kappa shape index (κ1) is 14.0. The minimum atomic E-state index is 0.216. The van der Waals surface area contributed by atoms with Crippen LogP contribution < -0.4 is 5.32 Å². The first-order chi connectivity index (χ1) is 7.63. The molecule has 0 aliphatic heterocycles. The molecule has 0 atom stereocenters. The molecule has 0 heterocycles. The molecule has 1 aromatic rings. The van der Waals surface area contributed by atoms with E-state index in [0.29, 0.717) is 6.04 Å². The summed E-state index contributed by atoms with van der Waals surface area (Å²) in [7, 11) is 0. The number of benzene rings is 1. The predicted molar refractivity (Wildman–Crippen MR) is 73.9 cm³/mol. The van der Waals surface area contributed by atoms with Crippen molar-refractivity contribution in [1.82, 2.24) is 5.32 Å². The van der Waals surface area contributed by atoms with Gasteiger partial charge in [0.25, 0.3) is 0 Å². The van der Waals surface area contributed by atoms with E-state index in [1.807, 2.05) is 0 Å². The van der Waals surface area contributed by atoms with E-state index in [9.17, 15) is 0 Å². The molecule has 16 heavy (non-hydrogen) atoms. The quantitative estimate of drug-likeness (QED) is 0.792. The number of hydrogen-bond donors (Lipinski definition) is 2. The van der Waals surface area contributed by atoms with Crippen LogP contribution in [0, 0.1) is 0 Å². The van der Waals surface area contributed by atoms with E-state index in [1.165, 1.54) is 10.5 Å². The van der Waals surface area contributed by atoms with Gasteiger partial charge in [-0.3, -0.25) is 0 Å². The Bertz CT molecular complexity index is 331. The Balaban J connectivity index is 2.59. The van der Waals surface area contributed by atoms with Gasteiger partial charge in [0.2, 0.25) is 0 Å². The highest BCUT2D eigenvalue weighted by Crippen LogP contribution is 2.28. The van der Waals surface area contributed by atoms with Gasteiger partial charge in [-0.2, -0.15) is 0 Å². The van der Waals surface area contributed by atoms with Crippen molar-refractivity contribution in [3.05, 3.63) is 28.2 Å². The van der Waals surface area contributed by atoms with E-state index in [2.05, 4.69) is 53.3 Å². The molecular weight excluding hydrogens is 286 g/mol. The Morgan fingerprint density at radius 3 is 2.75 bits per heavy atom. The molecule has 1 aromatic carbocycles. The summed E-state index contributed by atoms with van der Waals surface area (Å²) in [6.07, 6.45) is 0. The summed E-state index contributed by atoms with van der Waals surface area (Å²) < 4.78 is 1.11. The third-order valence-electron chi connectivity index (χ3n) is 2.06. The van der Waals surface area contributed by atoms with Crippen LogP contribution in [0.25, 0.3) is 0 Å². The Morgan fingerprint density at radius 2 is 2.19 bits per heavy atom. The number of hydrogen-bond acceptors (Lipinski definition) is 3. The van der Waals surface area contributed by atoms with Crippen molar-refractivity contribution in [2.45, 2.75) is 31.3 Å². The SMILES string of the molecule is CC(C)NCc1ccc(SCCO)c(Br)c1. The van der Waals surface area contributed by atoms with E-state index < -0.39 is 0 Å². The lowest BCUT2D eigenvalue weighted by Gasteiger charge is -2.10. The standard InChI is InChI=1S/C12H18BrNOS/c1-9(2)14-8-10-3-4-12(11(13)7-10)16-6-5-15/h3-4,7,9,14-15H,5-6,8H2,1-2H3. The second kappa shape index (κ2) is 7.33. The Labute approximate surface area is 110 Å². The van der Waals surface area contributed by atoms with E-state index >= 15 is 0 Å². The lowest BCUT2D eigenvalue weighted by molar-refractivity contribution is 0.322. The lowest BCUT2D eigenvalue weighted by atomic mass is 10.2. The average Bonchev–Trinajstić information content (AvgIpc) is 2.25. The second-order valence-electron chi connectivity index (χ2n) is 3.87. The monoisotopic (exact) mass is 303 g/mol. The van der Waals surface area contributed by atoms with Crippen molar-refractivity contribution < 1.29 is 5.11 Å². The largest absolute Gasteiger partial charge is 0.396 e. The van der Waals surface area contributed by atoms with Crippen molar-refractivity contribution in [3.8, 4) is 0 Å². The van der Waals surface area contributed by atoms with E-state index in [4.69, 9.17) is 5.11 Å². The normalized spacial score (nSPS) is 11.1. The van der Waals surface area contributed by atoms with Crippen LogP contribution in [0.15, 0.2) is 27.6 Å². The molecule has 2 N–H and O–H groups in total. The zero-order chi connectivity index (χ0) is 12.0. The number of aliphatic hydroxyl groups is 1. The number of thioether (sulfide) groups is 1. The molecule has 0 saturated carbocycles. The van der Waals surface area contributed by atoms with Gasteiger partial charge in [0.1, 0.15) is 0 Å². The molecule has 0 unspecified atom stereocenters. The zero-order valence-corrected chi connectivity index (χ0v) is 12.1. The summed E-state index contributed by atoms with van der Waals surface area (Å²) in [5.41, 5.74) is 1.27. The average molecular weight is 304 g/mol. The minimum absolute atomic E-state index is 0.216. The molecule has 0 aliphatic carbocycles. The van der Waals surface area contributed by atoms with Gasteiger partial charge in [0.15, 0.2) is 0 Å². The van der Waals surface area contributed by atoms with Crippen LogP contribution in [-0.2, 0) is 6.54 Å². The highest BCUT2D eigenvalue weighted by molar-refractivity contribution is 9.10. The minimum Gasteiger partial charge on any atom is -0.396 e. The van der Waals surface area contributed by atoms with Gasteiger partial charge in [-0.25, -0.2) is 0 Å². The molecule has 0 aliphatic rings. The van der Waals surface area contributed by atoms with E-state index in [1.54, 1.807) is 11.8 Å². The maximum atomic E-state index is 8.77. The number of aliphatic hydroxyl groups excluding tert-OH is 1. The molecule has 0 saturated heterocycles. The molecule has 90 valence electrons. The third kappa shape index (κ3) is 4.87. The summed E-state index contributed by atoms with van der Waals surface area (Å²) in [5, 5.41) is 12.2. The molecule has 1 rings (SSSR count). The van der Waals surface area contributed by atoms with Gasteiger partial charge in [-0.05, 0) is 33.6 Å². The fourth-order valence-corrected chi connectivity index (χ4v) is 2.69. The van der Waals surface area contributed by atoms with Gasteiger partial charge < -0.3 is 10.4 Å². The molecule has 4 heteroatoms. The first-order valence-electron chi connectivity index (χ1n) is 5.39. The Morgan fingerprint density at radius 1 is 1.44 bits per heavy atom. The van der Waals surface area contributed by atoms with Gasteiger partial charge in [-0.15, -0.1) is 11.8 Å². The van der Waals surface area contributed by atoms with Crippen molar-refractivity contribution >= 4 is 27.7 Å². The maximum absolute atomic E-state index is 8.77. The smallest absolute Gasteiger partial charge is 0.0525 e. The van der Waals surface area contributed by atoms with Crippen LogP contribution in [-0.4, -0.2) is 23.5 Å². The van der Waals surface area contributed by atoms with Crippen LogP contribution in [0.4, 0.5) is 0 Å². The molecular formula is C12H18BrNOS. The first-order valence-corrected chi connectivity index (χ1v) is 7.17. The van der Waals surface area contributed by atoms with E-state index in [0.717, 1.165) is 16.8 Å². The van der Waals surface area contributed by atoms with Crippen molar-refractivity contribution in [2.24, 2.45) is 0 Å². The van der Waals surface area contributed by atoms with Crippen LogP contribution in [0.2, 0.25) is 0 Å². The van der Waals surface area contributed by atoms with Crippen molar-refractivity contribution in [2.75, 3.05) is 12.4 Å². The second-order valence-corrected chi connectivity index (χ2v) is 5.86. The summed E-state index contributed by atoms with van der Waals surface area (Å²) in [5.74, 6) is 0.738. The fraction of sp³-hybridized carbons (Fsp3) is 0.500. The molecule has 0 amide bonds. The van der Waals surface area contributed by atoms with E-state index in [-0.39, 0.29) is 6.61 Å². The summed E-state index contributed by atoms with van der Waals surface area (Å²) in [4.78, 5) is 1.18. The van der Waals surface area contributed by atoms with Gasteiger partial charge in [0, 0.05) is 27.7 Å². The number of halogens is 1. The van der Waals surface area contributed by atoms with Crippen molar-refractivity contribution in [3.63, 3.8) is 0 Å². The van der Waals surface area contributed by atoms with Crippen LogP contribution in [0.3, 0.4) is 0 Å². The molecule has 0 fully saturated rings. The molecule has 0 bridgehead atoms. The van der Waals surface area contributed by atoms with Gasteiger partial charge in [-0.1, -0.05) is 19.9 Å². The molecule has 2 nitrogen and oxygen atoms in total. The van der Waals surface area contributed by atoms with Crippen LogP contribution in [0.5, 0.6) is 0 Å². The summed E-state index contributed by atoms with van der Waals surface area (Å²) >= 11 is 5.22. The summed E-state index contributed by atoms with van der Waals surface area (Å²) in [6.45, 7) is 5.38. The molecule has 0 radical (unpaired) electrons. The highest BCUT2D eigenvalue weighted by Gasteiger charge is 2.02. The van der Waals surface area contributed by atoms with Crippen molar-refractivity contribution in [1.29, 1.82) is 0 Å². The van der Waals surface area contributed by atoms with Crippen LogP contribution in [0.1, 0.15) is 19.4 Å². The Hall–Kier alpha value is -0.0300. The summed E-state index contributed by atoms with van der Waals surface area (Å²) in [6, 6.07) is 6.86. The van der Waals surface area contributed by atoms with Gasteiger partial charge in [0.05, 0.1) is 6.61 Å². The molecule has 0 spiro atoms. The number of nitrogens with one attached hydrogen (secondary N) is 1. The lowest BCUT2D eigenvalue weighted by Crippen LogP contribution is -2.21. The highest BCUT2D eigenvalue weighted by atomic mass is 79.9. The fourth-order valence-electron chi connectivity index (χ4n) is 1.25. The Kier molecular flexibility index (Phi) is 6.43. The number of rotatable bonds is 6. The topological polar surface area (TPSA) is 32.3 Å². The zero-order valence-electron chi connectivity index (χ0n) is 9.66. The van der Waals surface area contributed by atoms with Gasteiger partial charge >= 0.3 is 0 Å². The predicted octanol–water partition coefficient (Wildman–Crippen LogP) is 3.03. The molecule has 0 aromatic heterocycles. The van der Waals surface area contributed by atoms with Crippen LogP contribution >= 0.6 is 27.7 Å².